The van der Waals surface area contributed by atoms with E-state index in [1.807, 2.05) is 59.5 Å². The summed E-state index contributed by atoms with van der Waals surface area (Å²) in [5, 5.41) is 2.97. The fourth-order valence-electron chi connectivity index (χ4n) is 3.18. The van der Waals surface area contributed by atoms with Crippen LogP contribution in [0.4, 0.5) is 10.5 Å². The zero-order valence-corrected chi connectivity index (χ0v) is 16.5. The Morgan fingerprint density at radius 2 is 1.71 bits per heavy atom. The number of hydrogen-bond donors (Lipinski definition) is 1. The molecule has 2 aromatic rings. The largest absolute Gasteiger partial charge is 0.489 e. The second-order valence-corrected chi connectivity index (χ2v) is 6.90. The van der Waals surface area contributed by atoms with Gasteiger partial charge in [-0.15, -0.1) is 0 Å². The van der Waals surface area contributed by atoms with E-state index < -0.39 is 0 Å². The highest BCUT2D eigenvalue weighted by atomic mass is 16.5. The Morgan fingerprint density at radius 1 is 1.00 bits per heavy atom. The number of rotatable bonds is 8. The number of carbonyl (C=O) groups is 1. The predicted molar refractivity (Wildman–Crippen MR) is 111 cm³/mol. The maximum atomic E-state index is 12.5. The summed E-state index contributed by atoms with van der Waals surface area (Å²) in [5.74, 6) is 0.784. The van der Waals surface area contributed by atoms with Crippen molar-refractivity contribution >= 4 is 11.7 Å². The highest BCUT2D eigenvalue weighted by Crippen LogP contribution is 2.18. The van der Waals surface area contributed by atoms with Crippen molar-refractivity contribution in [3.63, 3.8) is 0 Å². The third kappa shape index (κ3) is 6.25. The lowest BCUT2D eigenvalue weighted by Gasteiger charge is -2.34. The number of carbonyl (C=O) groups excluding carboxylic acids is 1. The van der Waals surface area contributed by atoms with E-state index in [4.69, 9.17) is 9.47 Å². The zero-order valence-electron chi connectivity index (χ0n) is 16.5. The van der Waals surface area contributed by atoms with Gasteiger partial charge in [0.2, 0.25) is 0 Å². The number of ether oxygens (including phenoxy) is 2. The number of piperazine rings is 1. The minimum atomic E-state index is -0.0468. The molecule has 2 amide bonds. The van der Waals surface area contributed by atoms with Gasteiger partial charge in [-0.25, -0.2) is 4.79 Å². The highest BCUT2D eigenvalue weighted by molar-refractivity contribution is 5.89. The van der Waals surface area contributed by atoms with Crippen LogP contribution >= 0.6 is 0 Å². The van der Waals surface area contributed by atoms with Crippen LogP contribution in [0.3, 0.4) is 0 Å². The lowest BCUT2D eigenvalue weighted by Crippen LogP contribution is -2.50. The second-order valence-electron chi connectivity index (χ2n) is 6.90. The van der Waals surface area contributed by atoms with Crippen LogP contribution in [0.25, 0.3) is 0 Å². The van der Waals surface area contributed by atoms with Gasteiger partial charge in [0.05, 0.1) is 0 Å². The van der Waals surface area contributed by atoms with E-state index in [-0.39, 0.29) is 6.03 Å². The molecule has 0 radical (unpaired) electrons. The molecule has 1 saturated heterocycles. The van der Waals surface area contributed by atoms with Crippen LogP contribution in [0, 0.1) is 0 Å². The van der Waals surface area contributed by atoms with E-state index in [9.17, 15) is 4.79 Å². The summed E-state index contributed by atoms with van der Waals surface area (Å²) in [7, 11) is 1.73. The first-order chi connectivity index (χ1) is 13.7. The van der Waals surface area contributed by atoms with Crippen molar-refractivity contribution in [2.45, 2.75) is 13.0 Å². The van der Waals surface area contributed by atoms with Crippen LogP contribution in [-0.4, -0.2) is 62.3 Å². The normalized spacial score (nSPS) is 14.7. The molecule has 0 atom stereocenters. The summed E-state index contributed by atoms with van der Waals surface area (Å²) in [4.78, 5) is 16.7. The Bertz CT molecular complexity index is 714. The van der Waals surface area contributed by atoms with Crippen molar-refractivity contribution in [2.24, 2.45) is 0 Å². The van der Waals surface area contributed by atoms with Crippen LogP contribution in [-0.2, 0) is 11.3 Å². The van der Waals surface area contributed by atoms with Crippen molar-refractivity contribution in [3.8, 4) is 5.75 Å². The van der Waals surface area contributed by atoms with Gasteiger partial charge in [0.15, 0.2) is 0 Å². The van der Waals surface area contributed by atoms with Crippen LogP contribution < -0.4 is 10.1 Å². The molecule has 0 unspecified atom stereocenters. The lowest BCUT2D eigenvalue weighted by atomic mass is 10.2. The molecule has 1 aliphatic heterocycles. The molecule has 6 nitrogen and oxygen atoms in total. The van der Waals surface area contributed by atoms with Crippen molar-refractivity contribution in [2.75, 3.05) is 51.8 Å². The fraction of sp³-hybridized carbons (Fsp3) is 0.409. The third-order valence-corrected chi connectivity index (χ3v) is 4.84. The van der Waals surface area contributed by atoms with Crippen molar-refractivity contribution < 1.29 is 14.3 Å². The first-order valence-corrected chi connectivity index (χ1v) is 9.78. The molecule has 150 valence electrons. The molecule has 3 rings (SSSR count). The van der Waals surface area contributed by atoms with Crippen molar-refractivity contribution in [3.05, 3.63) is 60.2 Å². The number of nitrogens with one attached hydrogen (secondary N) is 1. The summed E-state index contributed by atoms with van der Waals surface area (Å²) < 4.78 is 10.9. The van der Waals surface area contributed by atoms with Crippen molar-refractivity contribution in [1.82, 2.24) is 9.80 Å². The van der Waals surface area contributed by atoms with Crippen LogP contribution in [0.5, 0.6) is 5.75 Å². The molecule has 28 heavy (non-hydrogen) atoms. The number of urea groups is 1. The minimum Gasteiger partial charge on any atom is -0.489 e. The molecule has 0 aliphatic carbocycles. The Morgan fingerprint density at radius 3 is 2.39 bits per heavy atom. The minimum absolute atomic E-state index is 0.0468. The maximum Gasteiger partial charge on any atom is 0.321 e. The molecule has 0 bridgehead atoms. The topological polar surface area (TPSA) is 54.0 Å². The van der Waals surface area contributed by atoms with E-state index in [0.717, 1.165) is 62.8 Å². The van der Waals surface area contributed by atoms with Gasteiger partial charge >= 0.3 is 6.03 Å². The van der Waals surface area contributed by atoms with E-state index in [1.54, 1.807) is 7.11 Å². The second kappa shape index (κ2) is 10.7. The molecule has 0 spiro atoms. The van der Waals surface area contributed by atoms with Gasteiger partial charge in [-0.2, -0.15) is 0 Å². The summed E-state index contributed by atoms with van der Waals surface area (Å²) in [6.07, 6.45) is 1.03. The number of benzene rings is 2. The SMILES string of the molecule is COCCCN1CCN(C(=O)Nc2ccc(OCc3ccccc3)cc2)CC1. The molecule has 1 heterocycles. The molecular formula is C22H29N3O3. The summed E-state index contributed by atoms with van der Waals surface area (Å²) in [6, 6.07) is 17.5. The molecule has 1 N–H and O–H groups in total. The monoisotopic (exact) mass is 383 g/mol. The third-order valence-electron chi connectivity index (χ3n) is 4.84. The molecule has 0 aromatic heterocycles. The average molecular weight is 383 g/mol. The number of hydrogen-bond acceptors (Lipinski definition) is 4. The molecule has 0 saturated carbocycles. The van der Waals surface area contributed by atoms with Gasteiger partial charge in [-0.05, 0) is 36.2 Å². The van der Waals surface area contributed by atoms with Gasteiger partial charge in [-0.1, -0.05) is 30.3 Å². The van der Waals surface area contributed by atoms with Crippen LogP contribution in [0.2, 0.25) is 0 Å². The van der Waals surface area contributed by atoms with E-state index in [2.05, 4.69) is 10.2 Å². The van der Waals surface area contributed by atoms with E-state index in [1.165, 1.54) is 0 Å². The Hall–Kier alpha value is -2.57. The number of methoxy groups -OCH3 is 1. The Kier molecular flexibility index (Phi) is 7.70. The van der Waals surface area contributed by atoms with Crippen LogP contribution in [0.15, 0.2) is 54.6 Å². The molecule has 1 aliphatic rings. The highest BCUT2D eigenvalue weighted by Gasteiger charge is 2.20. The predicted octanol–water partition coefficient (Wildman–Crippen LogP) is 3.45. The average Bonchev–Trinajstić information content (AvgIpc) is 2.75. The quantitative estimate of drug-likeness (QED) is 0.710. The Labute approximate surface area is 167 Å². The first kappa shape index (κ1) is 20.2. The standard InChI is InChI=1S/C22H29N3O3/c1-27-17-5-12-24-13-15-25(16-14-24)22(26)23-20-8-10-21(11-9-20)28-18-19-6-3-2-4-7-19/h2-4,6-11H,5,12-18H2,1H3,(H,23,26). The molecule has 6 heteroatoms. The van der Waals surface area contributed by atoms with Crippen molar-refractivity contribution in [1.29, 1.82) is 0 Å². The number of anilines is 1. The summed E-state index contributed by atoms with van der Waals surface area (Å²) in [6.45, 7) is 5.64. The molecule has 2 aromatic carbocycles. The van der Waals surface area contributed by atoms with E-state index in [0.29, 0.717) is 6.61 Å². The smallest absolute Gasteiger partial charge is 0.321 e. The van der Waals surface area contributed by atoms with Crippen LogP contribution in [0.1, 0.15) is 12.0 Å². The van der Waals surface area contributed by atoms with Gasteiger partial charge in [-0.3, -0.25) is 4.90 Å². The maximum absolute atomic E-state index is 12.5. The number of nitrogens with zero attached hydrogens (tertiary/aromatic N) is 2. The molecule has 1 fully saturated rings. The first-order valence-electron chi connectivity index (χ1n) is 9.78. The molecular weight excluding hydrogens is 354 g/mol. The summed E-state index contributed by atoms with van der Waals surface area (Å²) >= 11 is 0. The van der Waals surface area contributed by atoms with Gasteiger partial charge in [0.25, 0.3) is 0 Å². The summed E-state index contributed by atoms with van der Waals surface area (Å²) in [5.41, 5.74) is 1.90. The van der Waals surface area contributed by atoms with E-state index >= 15 is 0 Å². The zero-order chi connectivity index (χ0) is 19.6. The van der Waals surface area contributed by atoms with Gasteiger partial charge in [0.1, 0.15) is 12.4 Å². The van der Waals surface area contributed by atoms with Gasteiger partial charge < -0.3 is 19.7 Å². The lowest BCUT2D eigenvalue weighted by molar-refractivity contribution is 0.130. The Balaban J connectivity index is 1.41. The van der Waals surface area contributed by atoms with Gasteiger partial charge in [0, 0.05) is 52.1 Å². The fourth-order valence-corrected chi connectivity index (χ4v) is 3.18. The number of amides is 2.